The molecule has 1 heterocycles. The van der Waals surface area contributed by atoms with Crippen molar-refractivity contribution in [3.63, 3.8) is 0 Å². The SMILES string of the molecule is NCC(=O)[O-].c1nn[nH][nH+]1. The number of aromatic nitrogens is 4. The molecule has 0 saturated carbocycles. The summed E-state index contributed by atoms with van der Waals surface area (Å²) in [5, 5.41) is 20.7. The molecule has 0 aliphatic carbocycles. The fourth-order valence-electron chi connectivity index (χ4n) is 0.144. The van der Waals surface area contributed by atoms with Gasteiger partial charge in [0.1, 0.15) is 5.10 Å². The van der Waals surface area contributed by atoms with E-state index in [0.717, 1.165) is 0 Å². The van der Waals surface area contributed by atoms with Gasteiger partial charge in [0.25, 0.3) is 6.33 Å². The van der Waals surface area contributed by atoms with E-state index >= 15 is 0 Å². The van der Waals surface area contributed by atoms with E-state index in [1.807, 2.05) is 0 Å². The van der Waals surface area contributed by atoms with Gasteiger partial charge in [0, 0.05) is 6.54 Å². The number of carbonyl (C=O) groups excluding carboxylic acids is 1. The van der Waals surface area contributed by atoms with Crippen LogP contribution in [0.15, 0.2) is 6.33 Å². The number of carboxylic acids is 1. The van der Waals surface area contributed by atoms with Crippen molar-refractivity contribution in [1.29, 1.82) is 0 Å². The number of carboxylic acid groups (broad SMARTS) is 1. The van der Waals surface area contributed by atoms with Crippen LogP contribution in [-0.4, -0.2) is 28.0 Å². The maximum Gasteiger partial charge on any atom is 0.286 e. The maximum atomic E-state index is 9.13. The zero-order valence-corrected chi connectivity index (χ0v) is 5.07. The van der Waals surface area contributed by atoms with Gasteiger partial charge in [-0.2, -0.15) is 5.10 Å². The number of hydrogen-bond acceptors (Lipinski definition) is 5. The summed E-state index contributed by atoms with van der Waals surface area (Å²) in [4.78, 5) is 9.13. The van der Waals surface area contributed by atoms with Crippen LogP contribution in [0.2, 0.25) is 0 Å². The number of hydrogen-bond donors (Lipinski definition) is 2. The largest absolute Gasteiger partial charge is 0.549 e. The van der Waals surface area contributed by atoms with Crippen LogP contribution in [0, 0.1) is 0 Å². The third-order valence-corrected chi connectivity index (χ3v) is 0.461. The van der Waals surface area contributed by atoms with Crippen LogP contribution < -0.4 is 15.9 Å². The van der Waals surface area contributed by atoms with Crippen molar-refractivity contribution >= 4 is 5.97 Å². The van der Waals surface area contributed by atoms with Crippen molar-refractivity contribution in [2.24, 2.45) is 5.73 Å². The van der Waals surface area contributed by atoms with Crippen molar-refractivity contribution in [2.75, 3.05) is 6.54 Å². The topological polar surface area (TPSA) is 122 Å². The molecule has 0 aliphatic rings. The van der Waals surface area contributed by atoms with Gasteiger partial charge in [0.05, 0.1) is 5.97 Å². The van der Waals surface area contributed by atoms with E-state index in [1.54, 1.807) is 0 Å². The van der Waals surface area contributed by atoms with Gasteiger partial charge in [-0.25, -0.2) is 0 Å². The highest BCUT2D eigenvalue weighted by Crippen LogP contribution is 1.34. The monoisotopic (exact) mass is 145 g/mol. The predicted molar refractivity (Wildman–Crippen MR) is 27.0 cm³/mol. The fraction of sp³-hybridized carbons (Fsp3) is 0.333. The van der Waals surface area contributed by atoms with E-state index < -0.39 is 5.97 Å². The molecule has 0 aliphatic heterocycles. The van der Waals surface area contributed by atoms with Crippen LogP contribution in [-0.2, 0) is 4.79 Å². The minimum absolute atomic E-state index is 0.389. The van der Waals surface area contributed by atoms with Crippen LogP contribution in [0.5, 0.6) is 0 Å². The molecule has 7 nitrogen and oxygen atoms in total. The smallest absolute Gasteiger partial charge is 0.286 e. The minimum Gasteiger partial charge on any atom is -0.549 e. The van der Waals surface area contributed by atoms with Crippen molar-refractivity contribution < 1.29 is 15.0 Å². The number of tetrazole rings is 1. The number of H-pyrrole nitrogens is 2. The Morgan fingerprint density at radius 3 is 2.60 bits per heavy atom. The van der Waals surface area contributed by atoms with Gasteiger partial charge >= 0.3 is 0 Å². The average Bonchev–Trinajstić information content (AvgIpc) is 2.43. The average molecular weight is 145 g/mol. The van der Waals surface area contributed by atoms with Crippen LogP contribution in [0.3, 0.4) is 0 Å². The molecule has 56 valence electrons. The van der Waals surface area contributed by atoms with E-state index in [-0.39, 0.29) is 6.54 Å². The van der Waals surface area contributed by atoms with Crippen molar-refractivity contribution in [1.82, 2.24) is 15.5 Å². The molecular weight excluding hydrogens is 138 g/mol. The van der Waals surface area contributed by atoms with E-state index in [4.69, 9.17) is 9.90 Å². The second kappa shape index (κ2) is 5.63. The number of aliphatic carboxylic acids is 1. The fourth-order valence-corrected chi connectivity index (χ4v) is 0.144. The standard InChI is InChI=1S/C2H5NO2.CH2N4/c3-1-2(4)5;1-2-4-5-3-1/h1,3H2,(H,4,5);1H,(H,2,3,4,5). The lowest BCUT2D eigenvalue weighted by Gasteiger charge is -1.87. The molecule has 7 heteroatoms. The highest BCUT2D eigenvalue weighted by Gasteiger charge is 1.71. The van der Waals surface area contributed by atoms with Crippen LogP contribution in [0.1, 0.15) is 0 Å². The molecular formula is C3H7N5O2. The Kier molecular flexibility index (Phi) is 4.79. The van der Waals surface area contributed by atoms with E-state index in [1.165, 1.54) is 6.33 Å². The van der Waals surface area contributed by atoms with Gasteiger partial charge in [0.15, 0.2) is 5.21 Å². The zero-order valence-electron chi connectivity index (χ0n) is 5.07. The predicted octanol–water partition coefficient (Wildman–Crippen LogP) is -3.69. The van der Waals surface area contributed by atoms with E-state index in [2.05, 4.69) is 26.4 Å². The first-order valence-electron chi connectivity index (χ1n) is 2.39. The highest BCUT2D eigenvalue weighted by atomic mass is 16.4. The lowest BCUT2D eigenvalue weighted by atomic mass is 10.7. The van der Waals surface area contributed by atoms with E-state index in [9.17, 15) is 0 Å². The molecule has 0 unspecified atom stereocenters. The molecule has 0 spiro atoms. The second-order valence-electron chi connectivity index (χ2n) is 1.18. The summed E-state index contributed by atoms with van der Waals surface area (Å²) in [5.74, 6) is -1.22. The number of aromatic amines is 2. The summed E-state index contributed by atoms with van der Waals surface area (Å²) in [6.45, 7) is -0.389. The lowest BCUT2D eigenvalue weighted by Crippen LogP contribution is -2.30. The summed E-state index contributed by atoms with van der Waals surface area (Å²) < 4.78 is 0. The number of nitrogens with zero attached hydrogens (tertiary/aromatic N) is 2. The number of rotatable bonds is 1. The first-order valence-corrected chi connectivity index (χ1v) is 2.39. The Balaban J connectivity index is 0.000000162. The number of nitrogens with two attached hydrogens (primary N) is 1. The third-order valence-electron chi connectivity index (χ3n) is 0.461. The zero-order chi connectivity index (χ0) is 7.82. The summed E-state index contributed by atoms with van der Waals surface area (Å²) >= 11 is 0. The minimum atomic E-state index is -1.22. The van der Waals surface area contributed by atoms with Gasteiger partial charge < -0.3 is 15.6 Å². The Labute approximate surface area is 56.2 Å². The molecule has 0 saturated heterocycles. The lowest BCUT2D eigenvalue weighted by molar-refractivity contribution is -0.456. The molecule has 1 rings (SSSR count). The molecule has 4 N–H and O–H groups in total. The van der Waals surface area contributed by atoms with Crippen LogP contribution in [0.25, 0.3) is 0 Å². The first-order chi connectivity index (χ1) is 4.77. The van der Waals surface area contributed by atoms with Crippen molar-refractivity contribution in [3.05, 3.63) is 6.33 Å². The molecule has 0 amide bonds. The quantitative estimate of drug-likeness (QED) is 0.421. The summed E-state index contributed by atoms with van der Waals surface area (Å²) in [7, 11) is 0. The molecule has 0 bridgehead atoms. The van der Waals surface area contributed by atoms with Crippen molar-refractivity contribution in [3.8, 4) is 0 Å². The Bertz CT molecular complexity index is 144. The summed E-state index contributed by atoms with van der Waals surface area (Å²) in [6, 6.07) is 0. The van der Waals surface area contributed by atoms with Gasteiger partial charge in [-0.15, -0.1) is 0 Å². The van der Waals surface area contributed by atoms with Crippen molar-refractivity contribution in [2.45, 2.75) is 0 Å². The summed E-state index contributed by atoms with van der Waals surface area (Å²) in [5.41, 5.74) is 4.51. The maximum absolute atomic E-state index is 9.13. The van der Waals surface area contributed by atoms with E-state index in [0.29, 0.717) is 0 Å². The van der Waals surface area contributed by atoms with Gasteiger partial charge in [-0.05, 0) is 0 Å². The van der Waals surface area contributed by atoms with Gasteiger partial charge in [-0.3, -0.25) is 0 Å². The molecule has 10 heavy (non-hydrogen) atoms. The molecule has 1 aromatic heterocycles. The normalized spacial score (nSPS) is 7.70. The molecule has 0 fully saturated rings. The van der Waals surface area contributed by atoms with Crippen LogP contribution >= 0.6 is 0 Å². The summed E-state index contributed by atoms with van der Waals surface area (Å²) in [6.07, 6.45) is 1.46. The van der Waals surface area contributed by atoms with Crippen LogP contribution in [0.4, 0.5) is 0 Å². The Morgan fingerprint density at radius 1 is 1.90 bits per heavy atom. The first kappa shape index (κ1) is 8.50. The van der Waals surface area contributed by atoms with Gasteiger partial charge in [-0.1, -0.05) is 5.21 Å². The number of carbonyl (C=O) groups is 1. The third kappa shape index (κ3) is 6.50. The molecule has 0 radical (unpaired) electrons. The molecule has 0 atom stereocenters. The highest BCUT2D eigenvalue weighted by molar-refractivity contribution is 5.66. The second-order valence-corrected chi connectivity index (χ2v) is 1.18. The molecule has 1 aromatic rings. The van der Waals surface area contributed by atoms with Gasteiger partial charge in [0.2, 0.25) is 0 Å². The Hall–Kier alpha value is -1.50. The molecule has 0 aromatic carbocycles. The Morgan fingerprint density at radius 2 is 2.50 bits per heavy atom. The number of nitrogens with one attached hydrogen (secondary N) is 2.